The average molecular weight is 467 g/mol. The van der Waals surface area contributed by atoms with Crippen molar-refractivity contribution in [1.82, 2.24) is 20.0 Å². The van der Waals surface area contributed by atoms with E-state index in [1.807, 2.05) is 79.5 Å². The third-order valence-corrected chi connectivity index (χ3v) is 6.31. The van der Waals surface area contributed by atoms with Crippen molar-refractivity contribution in [2.45, 2.75) is 51.8 Å². The van der Waals surface area contributed by atoms with Gasteiger partial charge in [-0.2, -0.15) is 5.10 Å². The fraction of sp³-hybridized carbons (Fsp3) is 0.400. The average Bonchev–Trinajstić information content (AvgIpc) is 3.44. The molecule has 0 aliphatic carbocycles. The predicted molar refractivity (Wildman–Crippen MR) is 129 cm³/mol. The molecule has 1 aliphatic heterocycles. The molecule has 0 bridgehead atoms. The van der Waals surface area contributed by atoms with Gasteiger partial charge in [0.25, 0.3) is 5.91 Å². The summed E-state index contributed by atoms with van der Waals surface area (Å²) < 4.78 is 7.29. The molecule has 8 heteroatoms. The summed E-state index contributed by atoms with van der Waals surface area (Å²) in [5, 5.41) is 9.87. The van der Waals surface area contributed by atoms with E-state index in [2.05, 4.69) is 5.32 Å². The van der Waals surface area contributed by atoms with Crippen molar-refractivity contribution in [2.75, 3.05) is 13.1 Å². The third kappa shape index (κ3) is 6.01. The van der Waals surface area contributed by atoms with Crippen molar-refractivity contribution in [3.63, 3.8) is 0 Å². The molecule has 1 saturated heterocycles. The van der Waals surface area contributed by atoms with Gasteiger partial charge in [0.1, 0.15) is 11.3 Å². The second kappa shape index (κ2) is 9.79. The maximum atomic E-state index is 13.2. The topological polar surface area (TPSA) is 76.5 Å². The summed E-state index contributed by atoms with van der Waals surface area (Å²) in [5.41, 5.74) is 1.88. The molecule has 7 nitrogen and oxygen atoms in total. The van der Waals surface area contributed by atoms with Gasteiger partial charge in [0.15, 0.2) is 0 Å². The summed E-state index contributed by atoms with van der Waals surface area (Å²) in [6.07, 6.45) is 2.91. The Hall–Kier alpha value is -3.13. The number of carbonyl (C=O) groups excluding carboxylic acids is 2. The summed E-state index contributed by atoms with van der Waals surface area (Å²) >= 11 is 1.57. The zero-order chi connectivity index (χ0) is 23.4. The summed E-state index contributed by atoms with van der Waals surface area (Å²) in [6.45, 7) is 7.31. The van der Waals surface area contributed by atoms with Crippen LogP contribution in [-0.2, 0) is 11.3 Å². The number of aromatic nitrogens is 2. The number of rotatable bonds is 5. The molecule has 0 unspecified atom stereocenters. The number of carbonyl (C=O) groups is 2. The minimum Gasteiger partial charge on any atom is -0.444 e. The van der Waals surface area contributed by atoms with Gasteiger partial charge in [-0.05, 0) is 50.6 Å². The Morgan fingerprint density at radius 3 is 2.48 bits per heavy atom. The van der Waals surface area contributed by atoms with Gasteiger partial charge in [-0.25, -0.2) is 4.79 Å². The molecule has 2 aromatic heterocycles. The number of thiophene rings is 1. The third-order valence-electron chi connectivity index (χ3n) is 5.43. The smallest absolute Gasteiger partial charge is 0.410 e. The van der Waals surface area contributed by atoms with Gasteiger partial charge in [0, 0.05) is 25.3 Å². The second-order valence-corrected chi connectivity index (χ2v) is 10.2. The highest BCUT2D eigenvalue weighted by atomic mass is 32.1. The van der Waals surface area contributed by atoms with E-state index in [1.165, 1.54) is 0 Å². The maximum Gasteiger partial charge on any atom is 0.410 e. The summed E-state index contributed by atoms with van der Waals surface area (Å²) in [7, 11) is 0. The van der Waals surface area contributed by atoms with Gasteiger partial charge in [0.05, 0.1) is 17.0 Å². The molecule has 0 radical (unpaired) electrons. The number of nitrogens with zero attached hydrogens (tertiary/aromatic N) is 3. The number of amides is 2. The standard InChI is InChI=1S/C25H30N4O3S/c1-25(2,3)32-24(31)28-13-11-19(12-14-28)26-23(30)20-17-29(16-18-8-5-4-6-9-18)27-22(20)21-10-7-15-33-21/h4-10,15,17,19H,11-14,16H2,1-3H3,(H,26,30). The largest absolute Gasteiger partial charge is 0.444 e. The summed E-state index contributed by atoms with van der Waals surface area (Å²) in [5.74, 6) is -0.131. The molecule has 2 amide bonds. The van der Waals surface area contributed by atoms with Crippen molar-refractivity contribution < 1.29 is 14.3 Å². The van der Waals surface area contributed by atoms with Crippen LogP contribution in [0.3, 0.4) is 0 Å². The molecule has 33 heavy (non-hydrogen) atoms. The first-order valence-electron chi connectivity index (χ1n) is 11.2. The maximum absolute atomic E-state index is 13.2. The van der Waals surface area contributed by atoms with Crippen LogP contribution in [-0.4, -0.2) is 51.4 Å². The van der Waals surface area contributed by atoms with Crippen LogP contribution < -0.4 is 5.32 Å². The second-order valence-electron chi connectivity index (χ2n) is 9.27. The van der Waals surface area contributed by atoms with Gasteiger partial charge in [-0.15, -0.1) is 11.3 Å². The molecule has 0 spiro atoms. The molecule has 1 aliphatic rings. The Kier molecular flexibility index (Phi) is 6.83. The molecule has 0 atom stereocenters. The van der Waals surface area contributed by atoms with E-state index in [0.29, 0.717) is 43.7 Å². The fourth-order valence-corrected chi connectivity index (χ4v) is 4.55. The Bertz CT molecular complexity index is 1080. The van der Waals surface area contributed by atoms with Gasteiger partial charge in [-0.1, -0.05) is 36.4 Å². The van der Waals surface area contributed by atoms with Gasteiger partial charge < -0.3 is 15.0 Å². The highest BCUT2D eigenvalue weighted by Crippen LogP contribution is 2.27. The number of ether oxygens (including phenoxy) is 1. The normalized spacial score (nSPS) is 14.8. The van der Waals surface area contributed by atoms with E-state index in [9.17, 15) is 9.59 Å². The lowest BCUT2D eigenvalue weighted by atomic mass is 10.0. The van der Waals surface area contributed by atoms with Crippen LogP contribution in [0.15, 0.2) is 54.0 Å². The van der Waals surface area contributed by atoms with Crippen LogP contribution in [0.1, 0.15) is 49.5 Å². The van der Waals surface area contributed by atoms with Crippen LogP contribution in [0.25, 0.3) is 10.6 Å². The Morgan fingerprint density at radius 2 is 1.85 bits per heavy atom. The quantitative estimate of drug-likeness (QED) is 0.587. The van der Waals surface area contributed by atoms with E-state index < -0.39 is 5.60 Å². The minimum atomic E-state index is -0.514. The van der Waals surface area contributed by atoms with Crippen LogP contribution in [0.2, 0.25) is 0 Å². The van der Waals surface area contributed by atoms with Crippen molar-refractivity contribution >= 4 is 23.3 Å². The van der Waals surface area contributed by atoms with E-state index in [4.69, 9.17) is 9.84 Å². The SMILES string of the molecule is CC(C)(C)OC(=O)N1CCC(NC(=O)c2cn(Cc3ccccc3)nc2-c2cccs2)CC1. The van der Waals surface area contributed by atoms with Gasteiger partial charge >= 0.3 is 6.09 Å². The number of benzene rings is 1. The molecule has 3 heterocycles. The van der Waals surface area contributed by atoms with Gasteiger partial charge in [-0.3, -0.25) is 9.48 Å². The molecule has 4 rings (SSSR count). The minimum absolute atomic E-state index is 0.00449. The molecular formula is C25H30N4O3S. The summed E-state index contributed by atoms with van der Waals surface area (Å²) in [4.78, 5) is 28.2. The first-order chi connectivity index (χ1) is 15.8. The predicted octanol–water partition coefficient (Wildman–Crippen LogP) is 4.79. The lowest BCUT2D eigenvalue weighted by Gasteiger charge is -2.33. The Labute approximate surface area is 198 Å². The summed E-state index contributed by atoms with van der Waals surface area (Å²) in [6, 6.07) is 14.0. The zero-order valence-corrected chi connectivity index (χ0v) is 20.1. The lowest BCUT2D eigenvalue weighted by molar-refractivity contribution is 0.0199. The zero-order valence-electron chi connectivity index (χ0n) is 19.3. The first-order valence-corrected chi connectivity index (χ1v) is 12.1. The van der Waals surface area contributed by atoms with Crippen LogP contribution in [0.4, 0.5) is 4.79 Å². The number of likely N-dealkylation sites (tertiary alicyclic amines) is 1. The van der Waals surface area contributed by atoms with Crippen LogP contribution in [0, 0.1) is 0 Å². The van der Waals surface area contributed by atoms with Crippen molar-refractivity contribution in [1.29, 1.82) is 0 Å². The van der Waals surface area contributed by atoms with Crippen molar-refractivity contribution in [2.24, 2.45) is 0 Å². The van der Waals surface area contributed by atoms with Gasteiger partial charge in [0.2, 0.25) is 0 Å². The Balaban J connectivity index is 1.43. The monoisotopic (exact) mass is 466 g/mol. The molecule has 1 aromatic carbocycles. The molecule has 3 aromatic rings. The lowest BCUT2D eigenvalue weighted by Crippen LogP contribution is -2.47. The Morgan fingerprint density at radius 1 is 1.12 bits per heavy atom. The van der Waals surface area contributed by atoms with E-state index in [0.717, 1.165) is 10.4 Å². The van der Waals surface area contributed by atoms with Crippen LogP contribution >= 0.6 is 11.3 Å². The van der Waals surface area contributed by atoms with Crippen molar-refractivity contribution in [3.05, 3.63) is 65.2 Å². The first kappa shape index (κ1) is 23.0. The molecule has 0 saturated carbocycles. The number of piperidine rings is 1. The van der Waals surface area contributed by atoms with Crippen LogP contribution in [0.5, 0.6) is 0 Å². The highest BCUT2D eigenvalue weighted by Gasteiger charge is 2.28. The van der Waals surface area contributed by atoms with E-state index >= 15 is 0 Å². The van der Waals surface area contributed by atoms with E-state index in [-0.39, 0.29) is 18.0 Å². The molecular weight excluding hydrogens is 436 g/mol. The van der Waals surface area contributed by atoms with E-state index in [1.54, 1.807) is 16.2 Å². The molecule has 1 fully saturated rings. The fourth-order valence-electron chi connectivity index (χ4n) is 3.83. The van der Waals surface area contributed by atoms with Crippen molar-refractivity contribution in [3.8, 4) is 10.6 Å². The highest BCUT2D eigenvalue weighted by molar-refractivity contribution is 7.13. The number of hydrogen-bond donors (Lipinski definition) is 1. The molecule has 174 valence electrons. The number of hydrogen-bond acceptors (Lipinski definition) is 5. The number of nitrogens with one attached hydrogen (secondary N) is 1. The molecule has 1 N–H and O–H groups in total.